The number of aromatic nitrogens is 1. The van der Waals surface area contributed by atoms with Gasteiger partial charge in [0.15, 0.2) is 0 Å². The Morgan fingerprint density at radius 3 is 2.50 bits per heavy atom. The second-order valence-corrected chi connectivity index (χ2v) is 6.10. The first-order valence-corrected chi connectivity index (χ1v) is 8.37. The molecule has 1 N–H and O–H groups in total. The Labute approximate surface area is 140 Å². The minimum absolute atomic E-state index is 0.0237. The van der Waals surface area contributed by atoms with Gasteiger partial charge in [0.2, 0.25) is 5.91 Å². The summed E-state index contributed by atoms with van der Waals surface area (Å²) in [5.41, 5.74) is 0.0237. The molecule has 0 aliphatic carbocycles. The average molecular weight is 322 g/mol. The summed E-state index contributed by atoms with van der Waals surface area (Å²) in [7, 11) is 1.65. The van der Waals surface area contributed by atoms with Gasteiger partial charge in [0.1, 0.15) is 0 Å². The molecule has 1 heterocycles. The van der Waals surface area contributed by atoms with E-state index >= 15 is 0 Å². The molecule has 2 aromatic carbocycles. The van der Waals surface area contributed by atoms with Crippen LogP contribution < -0.4 is 16.2 Å². The van der Waals surface area contributed by atoms with Gasteiger partial charge in [-0.05, 0) is 24.3 Å². The molecule has 0 atom stereocenters. The van der Waals surface area contributed by atoms with Gasteiger partial charge in [0.05, 0.1) is 0 Å². The van der Waals surface area contributed by atoms with Gasteiger partial charge in [0.25, 0.3) is 5.56 Å². The monoisotopic (exact) mass is 322 g/mol. The number of rotatable bonds is 6. The summed E-state index contributed by atoms with van der Waals surface area (Å²) >= 11 is 0. The molecule has 4 nitrogen and oxygen atoms in total. The van der Waals surface area contributed by atoms with Crippen molar-refractivity contribution in [1.29, 1.82) is 0 Å². The number of unbranched alkanes of at least 4 members (excludes halogenated alkanes) is 2. The number of hydrogen-bond donors (Lipinski definition) is 1. The largest absolute Gasteiger partial charge is 0.359 e. The van der Waals surface area contributed by atoms with Crippen molar-refractivity contribution >= 4 is 34.0 Å². The standard InChI is InChI=1S/C20H22N2O2/c1-14-16-10-6-8-15-9-7-11-17(19(15)16)20(24)22(14)13-5-3-4-12-18(23)21-2/h6-11H,1,3-5,12-13H2,2H3,(H,21,23). The SMILES string of the molecule is C=c1c2cccc3cccc(c(=O)n1CCCCCC(=O)NC)c32. The molecule has 0 saturated carbocycles. The fourth-order valence-corrected chi connectivity index (χ4v) is 3.27. The van der Waals surface area contributed by atoms with Gasteiger partial charge in [-0.15, -0.1) is 0 Å². The number of nitrogens with one attached hydrogen (secondary N) is 1. The molecule has 3 aromatic rings. The third kappa shape index (κ3) is 2.92. The van der Waals surface area contributed by atoms with Crippen LogP contribution in [-0.4, -0.2) is 17.5 Å². The van der Waals surface area contributed by atoms with Crippen LogP contribution in [0.25, 0.3) is 28.1 Å². The summed E-state index contributed by atoms with van der Waals surface area (Å²) in [6.07, 6.45) is 3.14. The van der Waals surface area contributed by atoms with Gasteiger partial charge in [0, 0.05) is 41.5 Å². The summed E-state index contributed by atoms with van der Waals surface area (Å²) in [6.45, 7) is 4.79. The van der Waals surface area contributed by atoms with Gasteiger partial charge >= 0.3 is 0 Å². The van der Waals surface area contributed by atoms with Crippen molar-refractivity contribution < 1.29 is 4.79 Å². The molecule has 0 aliphatic rings. The van der Waals surface area contributed by atoms with Crippen molar-refractivity contribution in [1.82, 2.24) is 9.88 Å². The lowest BCUT2D eigenvalue weighted by molar-refractivity contribution is -0.120. The average Bonchev–Trinajstić information content (AvgIpc) is 2.61. The summed E-state index contributed by atoms with van der Waals surface area (Å²) in [5, 5.41) is 7.26. The first-order chi connectivity index (χ1) is 11.6. The van der Waals surface area contributed by atoms with Crippen molar-refractivity contribution in [3.8, 4) is 0 Å². The van der Waals surface area contributed by atoms with Crippen LogP contribution in [0.1, 0.15) is 25.7 Å². The predicted octanol–water partition coefficient (Wildman–Crippen LogP) is 2.59. The second-order valence-electron chi connectivity index (χ2n) is 6.10. The van der Waals surface area contributed by atoms with Crippen LogP contribution in [0, 0.1) is 0 Å². The number of hydrogen-bond acceptors (Lipinski definition) is 2. The number of carbonyl (C=O) groups excluding carboxylic acids is 1. The minimum Gasteiger partial charge on any atom is -0.359 e. The van der Waals surface area contributed by atoms with E-state index in [4.69, 9.17) is 0 Å². The molecule has 1 amide bonds. The number of amides is 1. The molecule has 0 fully saturated rings. The fourth-order valence-electron chi connectivity index (χ4n) is 3.27. The number of carbonyl (C=O) groups is 1. The van der Waals surface area contributed by atoms with Crippen molar-refractivity contribution in [3.63, 3.8) is 0 Å². The maximum absolute atomic E-state index is 12.8. The molecule has 0 unspecified atom stereocenters. The quantitative estimate of drug-likeness (QED) is 0.709. The fraction of sp³-hybridized carbons (Fsp3) is 0.300. The van der Waals surface area contributed by atoms with Gasteiger partial charge in [-0.2, -0.15) is 0 Å². The van der Waals surface area contributed by atoms with Crippen molar-refractivity contribution in [2.24, 2.45) is 0 Å². The van der Waals surface area contributed by atoms with Crippen LogP contribution in [0.2, 0.25) is 0 Å². The molecule has 3 rings (SSSR count). The molecule has 0 radical (unpaired) electrons. The maximum Gasteiger partial charge on any atom is 0.258 e. The van der Waals surface area contributed by atoms with Crippen LogP contribution in [-0.2, 0) is 11.3 Å². The van der Waals surface area contributed by atoms with E-state index < -0.39 is 0 Å². The summed E-state index contributed by atoms with van der Waals surface area (Å²) < 4.78 is 1.77. The maximum atomic E-state index is 12.8. The third-order valence-electron chi connectivity index (χ3n) is 4.58. The first kappa shape index (κ1) is 16.2. The van der Waals surface area contributed by atoms with Crippen LogP contribution in [0.4, 0.5) is 0 Å². The molecule has 0 saturated heterocycles. The topological polar surface area (TPSA) is 51.1 Å². The van der Waals surface area contributed by atoms with Gasteiger partial charge in [-0.3, -0.25) is 9.59 Å². The second kappa shape index (κ2) is 6.87. The van der Waals surface area contributed by atoms with E-state index in [1.54, 1.807) is 11.6 Å². The minimum atomic E-state index is 0.0237. The number of benzene rings is 2. The van der Waals surface area contributed by atoms with E-state index in [9.17, 15) is 9.59 Å². The van der Waals surface area contributed by atoms with Crippen LogP contribution >= 0.6 is 0 Å². The predicted molar refractivity (Wildman–Crippen MR) is 99.0 cm³/mol. The molecule has 24 heavy (non-hydrogen) atoms. The zero-order valence-corrected chi connectivity index (χ0v) is 14.0. The molecular weight excluding hydrogens is 300 g/mol. The van der Waals surface area contributed by atoms with Crippen LogP contribution in [0.15, 0.2) is 41.2 Å². The van der Waals surface area contributed by atoms with E-state index in [1.165, 1.54) is 0 Å². The van der Waals surface area contributed by atoms with Gasteiger partial charge in [-0.1, -0.05) is 43.3 Å². The lowest BCUT2D eigenvalue weighted by Crippen LogP contribution is -2.33. The third-order valence-corrected chi connectivity index (χ3v) is 4.58. The Kier molecular flexibility index (Phi) is 4.65. The van der Waals surface area contributed by atoms with E-state index in [2.05, 4.69) is 11.9 Å². The van der Waals surface area contributed by atoms with Gasteiger partial charge in [-0.25, -0.2) is 0 Å². The summed E-state index contributed by atoms with van der Waals surface area (Å²) in [5.74, 6) is 0.0639. The normalized spacial score (nSPS) is 11.2. The molecule has 0 bridgehead atoms. The summed E-state index contributed by atoms with van der Waals surface area (Å²) in [6, 6.07) is 11.9. The lowest BCUT2D eigenvalue weighted by Gasteiger charge is -2.12. The molecule has 4 heteroatoms. The lowest BCUT2D eigenvalue weighted by atomic mass is 10.0. The van der Waals surface area contributed by atoms with E-state index in [1.807, 2.05) is 36.4 Å². The van der Waals surface area contributed by atoms with E-state index in [-0.39, 0.29) is 11.5 Å². The van der Waals surface area contributed by atoms with Crippen molar-refractivity contribution in [2.45, 2.75) is 32.2 Å². The molecule has 1 aromatic heterocycles. The highest BCUT2D eigenvalue weighted by atomic mass is 16.1. The first-order valence-electron chi connectivity index (χ1n) is 8.37. The summed E-state index contributed by atoms with van der Waals surface area (Å²) in [4.78, 5) is 24.1. The zero-order chi connectivity index (χ0) is 17.1. The van der Waals surface area contributed by atoms with Gasteiger partial charge < -0.3 is 9.88 Å². The smallest absolute Gasteiger partial charge is 0.258 e. The van der Waals surface area contributed by atoms with Crippen LogP contribution in [0.5, 0.6) is 0 Å². The van der Waals surface area contributed by atoms with Crippen molar-refractivity contribution in [2.75, 3.05) is 7.05 Å². The van der Waals surface area contributed by atoms with E-state index in [0.29, 0.717) is 13.0 Å². The Morgan fingerprint density at radius 1 is 1.08 bits per heavy atom. The molecule has 0 spiro atoms. The molecule has 124 valence electrons. The highest BCUT2D eigenvalue weighted by Gasteiger charge is 2.10. The Morgan fingerprint density at radius 2 is 1.79 bits per heavy atom. The number of pyridine rings is 1. The number of nitrogens with zero attached hydrogens (tertiary/aromatic N) is 1. The Balaban J connectivity index is 1.88. The van der Waals surface area contributed by atoms with E-state index in [0.717, 1.165) is 46.2 Å². The zero-order valence-electron chi connectivity index (χ0n) is 14.0. The molecule has 0 aliphatic heterocycles. The Hall–Kier alpha value is -2.62. The van der Waals surface area contributed by atoms with Crippen molar-refractivity contribution in [3.05, 3.63) is 52.1 Å². The highest BCUT2D eigenvalue weighted by molar-refractivity contribution is 6.09. The van der Waals surface area contributed by atoms with Crippen LogP contribution in [0.3, 0.4) is 0 Å². The Bertz CT molecular complexity index is 925. The molecular formula is C20H22N2O2. The highest BCUT2D eigenvalue weighted by Crippen LogP contribution is 2.21.